The van der Waals surface area contributed by atoms with Crippen LogP contribution in [-0.4, -0.2) is 41.3 Å². The molecule has 1 heterocycles. The van der Waals surface area contributed by atoms with E-state index >= 15 is 0 Å². The Bertz CT molecular complexity index is 425. The number of carbonyl (C=O) groups excluding carboxylic acids is 2. The second-order valence-electron chi connectivity index (χ2n) is 4.13. The topological polar surface area (TPSA) is 80.6 Å². The van der Waals surface area contributed by atoms with Crippen LogP contribution in [0.5, 0.6) is 0 Å². The number of hydrogen-bond donors (Lipinski definition) is 2. The van der Waals surface area contributed by atoms with Crippen molar-refractivity contribution in [1.29, 1.82) is 0 Å². The summed E-state index contributed by atoms with van der Waals surface area (Å²) in [5, 5.41) is 11.5. The Labute approximate surface area is 106 Å². The maximum Gasteiger partial charge on any atom is 0.330 e. The predicted octanol–water partition coefficient (Wildman–Crippen LogP) is 0.333. The van der Waals surface area contributed by atoms with Gasteiger partial charge in [0, 0.05) is 12.2 Å². The van der Waals surface area contributed by atoms with Crippen LogP contribution in [0.1, 0.15) is 30.4 Å². The molecule has 1 rings (SSSR count). The Kier molecular flexibility index (Phi) is 4.91. The highest BCUT2D eigenvalue weighted by atomic mass is 16.5. The molecule has 0 saturated carbocycles. The number of carbonyl (C=O) groups is 2. The van der Waals surface area contributed by atoms with Gasteiger partial charge in [0.15, 0.2) is 6.04 Å². The fourth-order valence-electron chi connectivity index (χ4n) is 1.59. The first kappa shape index (κ1) is 14.2. The summed E-state index contributed by atoms with van der Waals surface area (Å²) >= 11 is 0. The number of methoxy groups -OCH3 is 1. The minimum absolute atomic E-state index is 0.131. The molecule has 0 radical (unpaired) electrons. The first-order valence-electron chi connectivity index (χ1n) is 5.67. The third-order valence-corrected chi connectivity index (χ3v) is 2.54. The zero-order chi connectivity index (χ0) is 13.7. The maximum atomic E-state index is 12.0. The monoisotopic (exact) mass is 254 g/mol. The van der Waals surface area contributed by atoms with Crippen LogP contribution in [0.3, 0.4) is 0 Å². The van der Waals surface area contributed by atoms with E-state index in [0.29, 0.717) is 5.69 Å². The third kappa shape index (κ3) is 3.10. The number of aliphatic hydroxyl groups is 1. The minimum Gasteiger partial charge on any atom is -0.467 e. The number of ether oxygens (including phenoxy) is 1. The van der Waals surface area contributed by atoms with Crippen LogP contribution in [-0.2, 0) is 9.53 Å². The molecule has 6 heteroatoms. The maximum absolute atomic E-state index is 12.0. The second-order valence-corrected chi connectivity index (χ2v) is 4.13. The summed E-state index contributed by atoms with van der Waals surface area (Å²) in [7, 11) is 1.20. The molecule has 0 aromatic carbocycles. The number of aliphatic hydroxyl groups excluding tert-OH is 1. The summed E-state index contributed by atoms with van der Waals surface area (Å²) in [4.78, 5) is 23.2. The van der Waals surface area contributed by atoms with E-state index < -0.39 is 24.5 Å². The van der Waals surface area contributed by atoms with Gasteiger partial charge < -0.3 is 19.7 Å². The minimum atomic E-state index is -1.04. The zero-order valence-corrected chi connectivity index (χ0v) is 10.7. The van der Waals surface area contributed by atoms with Gasteiger partial charge in [0.25, 0.3) is 5.91 Å². The lowest BCUT2D eigenvalue weighted by molar-refractivity contribution is -0.143. The summed E-state index contributed by atoms with van der Waals surface area (Å²) in [5.74, 6) is -1.09. The first-order valence-corrected chi connectivity index (χ1v) is 5.67. The molecule has 1 unspecified atom stereocenters. The van der Waals surface area contributed by atoms with Gasteiger partial charge in [0.05, 0.1) is 13.7 Å². The van der Waals surface area contributed by atoms with Crippen molar-refractivity contribution < 1.29 is 19.4 Å². The molecule has 0 aliphatic heterocycles. The van der Waals surface area contributed by atoms with Gasteiger partial charge in [-0.05, 0) is 26.0 Å². The SMILES string of the molecule is COC(=O)C(CO)NC(=O)c1cccn1C(C)C. The Balaban J connectivity index is 2.81. The molecule has 1 atom stereocenters. The Morgan fingerprint density at radius 2 is 2.17 bits per heavy atom. The van der Waals surface area contributed by atoms with E-state index in [1.165, 1.54) is 7.11 Å². The van der Waals surface area contributed by atoms with Crippen LogP contribution < -0.4 is 5.32 Å². The smallest absolute Gasteiger partial charge is 0.330 e. The molecule has 2 N–H and O–H groups in total. The molecule has 0 aliphatic carbocycles. The fraction of sp³-hybridized carbons (Fsp3) is 0.500. The first-order chi connectivity index (χ1) is 8.51. The quantitative estimate of drug-likeness (QED) is 0.742. The molecular weight excluding hydrogens is 236 g/mol. The number of amides is 1. The summed E-state index contributed by atoms with van der Waals surface area (Å²) < 4.78 is 6.26. The average molecular weight is 254 g/mol. The summed E-state index contributed by atoms with van der Waals surface area (Å²) in [5.41, 5.74) is 0.437. The number of nitrogens with zero attached hydrogens (tertiary/aromatic N) is 1. The summed E-state index contributed by atoms with van der Waals surface area (Å²) in [6, 6.07) is 2.49. The lowest BCUT2D eigenvalue weighted by Crippen LogP contribution is -2.44. The van der Waals surface area contributed by atoms with Gasteiger partial charge in [-0.3, -0.25) is 4.79 Å². The number of nitrogens with one attached hydrogen (secondary N) is 1. The Hall–Kier alpha value is -1.82. The standard InChI is InChI=1S/C12H18N2O4/c1-8(2)14-6-4-5-10(14)11(16)13-9(7-15)12(17)18-3/h4-6,8-9,15H,7H2,1-3H3,(H,13,16). The van der Waals surface area contributed by atoms with E-state index in [0.717, 1.165) is 0 Å². The number of hydrogen-bond acceptors (Lipinski definition) is 4. The van der Waals surface area contributed by atoms with Crippen LogP contribution in [0.4, 0.5) is 0 Å². The zero-order valence-electron chi connectivity index (χ0n) is 10.7. The van der Waals surface area contributed by atoms with Gasteiger partial charge >= 0.3 is 5.97 Å². The van der Waals surface area contributed by atoms with Crippen molar-refractivity contribution in [2.24, 2.45) is 0 Å². The van der Waals surface area contributed by atoms with E-state index in [2.05, 4.69) is 10.1 Å². The van der Waals surface area contributed by atoms with Crippen molar-refractivity contribution in [1.82, 2.24) is 9.88 Å². The highest BCUT2D eigenvalue weighted by Crippen LogP contribution is 2.10. The van der Waals surface area contributed by atoms with Crippen LogP contribution in [0.25, 0.3) is 0 Å². The molecule has 6 nitrogen and oxygen atoms in total. The molecule has 0 saturated heterocycles. The van der Waals surface area contributed by atoms with Gasteiger partial charge in [-0.2, -0.15) is 0 Å². The van der Waals surface area contributed by atoms with Crippen LogP contribution in [0.15, 0.2) is 18.3 Å². The van der Waals surface area contributed by atoms with E-state index in [-0.39, 0.29) is 6.04 Å². The van der Waals surface area contributed by atoms with Crippen molar-refractivity contribution in [3.05, 3.63) is 24.0 Å². The van der Waals surface area contributed by atoms with Crippen LogP contribution in [0.2, 0.25) is 0 Å². The lowest BCUT2D eigenvalue weighted by Gasteiger charge is -2.16. The molecule has 1 aromatic rings. The van der Waals surface area contributed by atoms with Gasteiger partial charge in [-0.15, -0.1) is 0 Å². The predicted molar refractivity (Wildman–Crippen MR) is 65.2 cm³/mol. The van der Waals surface area contributed by atoms with Crippen molar-refractivity contribution in [3.8, 4) is 0 Å². The Morgan fingerprint density at radius 3 is 2.67 bits per heavy atom. The van der Waals surface area contributed by atoms with Crippen molar-refractivity contribution in [3.63, 3.8) is 0 Å². The van der Waals surface area contributed by atoms with Gasteiger partial charge in [0.2, 0.25) is 0 Å². The molecule has 18 heavy (non-hydrogen) atoms. The van der Waals surface area contributed by atoms with Crippen LogP contribution in [0, 0.1) is 0 Å². The number of esters is 1. The molecule has 0 spiro atoms. The highest BCUT2D eigenvalue weighted by molar-refractivity contribution is 5.95. The molecule has 0 fully saturated rings. The molecule has 100 valence electrons. The average Bonchev–Trinajstić information content (AvgIpc) is 2.84. The third-order valence-electron chi connectivity index (χ3n) is 2.54. The number of rotatable bonds is 5. The normalized spacial score (nSPS) is 12.3. The summed E-state index contributed by atoms with van der Waals surface area (Å²) in [6.07, 6.45) is 1.78. The second kappa shape index (κ2) is 6.20. The highest BCUT2D eigenvalue weighted by Gasteiger charge is 2.22. The molecule has 0 aliphatic rings. The molecular formula is C12H18N2O4. The van der Waals surface area contributed by atoms with E-state index in [1.807, 2.05) is 13.8 Å². The van der Waals surface area contributed by atoms with Crippen molar-refractivity contribution in [2.45, 2.75) is 25.9 Å². The van der Waals surface area contributed by atoms with Crippen molar-refractivity contribution >= 4 is 11.9 Å². The van der Waals surface area contributed by atoms with Gasteiger partial charge in [-0.25, -0.2) is 4.79 Å². The molecule has 0 bridgehead atoms. The lowest BCUT2D eigenvalue weighted by atomic mass is 10.3. The molecule has 1 amide bonds. The van der Waals surface area contributed by atoms with E-state index in [1.54, 1.807) is 22.9 Å². The van der Waals surface area contributed by atoms with E-state index in [4.69, 9.17) is 5.11 Å². The molecule has 1 aromatic heterocycles. The fourth-order valence-corrected chi connectivity index (χ4v) is 1.59. The largest absolute Gasteiger partial charge is 0.467 e. The van der Waals surface area contributed by atoms with E-state index in [9.17, 15) is 9.59 Å². The van der Waals surface area contributed by atoms with Gasteiger partial charge in [0.1, 0.15) is 5.69 Å². The van der Waals surface area contributed by atoms with Crippen molar-refractivity contribution in [2.75, 3.05) is 13.7 Å². The Morgan fingerprint density at radius 1 is 1.50 bits per heavy atom. The van der Waals surface area contributed by atoms with Crippen LogP contribution >= 0.6 is 0 Å². The number of aromatic nitrogens is 1. The van der Waals surface area contributed by atoms with Gasteiger partial charge in [-0.1, -0.05) is 0 Å². The summed E-state index contributed by atoms with van der Waals surface area (Å²) in [6.45, 7) is 3.39.